The van der Waals surface area contributed by atoms with Crippen LogP contribution < -0.4 is 10.6 Å². The summed E-state index contributed by atoms with van der Waals surface area (Å²) in [5, 5.41) is 8.71. The highest BCUT2D eigenvalue weighted by Crippen LogP contribution is 2.22. The quantitative estimate of drug-likeness (QED) is 0.789. The molecule has 1 heterocycles. The van der Waals surface area contributed by atoms with Gasteiger partial charge in [-0.25, -0.2) is 4.98 Å². The number of pyridine rings is 1. The molecule has 1 aromatic rings. The Morgan fingerprint density at radius 1 is 1.45 bits per heavy atom. The van der Waals surface area contributed by atoms with Gasteiger partial charge in [0.1, 0.15) is 5.82 Å². The summed E-state index contributed by atoms with van der Waals surface area (Å²) < 4.78 is 0. The Bertz CT molecular complexity index is 500. The normalized spacial score (nSPS) is 10.6. The van der Waals surface area contributed by atoms with Crippen molar-refractivity contribution in [2.75, 3.05) is 11.4 Å². The van der Waals surface area contributed by atoms with Crippen molar-refractivity contribution in [2.24, 2.45) is 5.73 Å². The fourth-order valence-corrected chi connectivity index (χ4v) is 2.08. The zero-order valence-electron chi connectivity index (χ0n) is 12.1. The number of aromatic nitrogens is 1. The minimum Gasteiger partial charge on any atom is -0.481 e. The van der Waals surface area contributed by atoms with Gasteiger partial charge in [0.25, 0.3) is 5.91 Å². The number of hydrogen-bond acceptors (Lipinski definition) is 4. The topological polar surface area (TPSA) is 96.5 Å². The molecule has 0 aliphatic rings. The second-order valence-electron chi connectivity index (χ2n) is 4.98. The van der Waals surface area contributed by atoms with Crippen molar-refractivity contribution in [3.63, 3.8) is 0 Å². The lowest BCUT2D eigenvalue weighted by Gasteiger charge is -2.29. The lowest BCUT2D eigenvalue weighted by molar-refractivity contribution is -0.137. The number of aliphatic carboxylic acids is 1. The monoisotopic (exact) mass is 279 g/mol. The van der Waals surface area contributed by atoms with E-state index in [-0.39, 0.29) is 12.5 Å². The number of anilines is 1. The number of amides is 1. The summed E-state index contributed by atoms with van der Waals surface area (Å²) in [6, 6.07) is 1.83. The highest BCUT2D eigenvalue weighted by atomic mass is 16.4. The average Bonchev–Trinajstić information content (AvgIpc) is 2.33. The third kappa shape index (κ3) is 3.94. The van der Waals surface area contributed by atoms with Gasteiger partial charge in [-0.2, -0.15) is 0 Å². The molecule has 0 unspecified atom stereocenters. The molecule has 6 heteroatoms. The minimum absolute atomic E-state index is 0.0843. The number of carbonyl (C=O) groups excluding carboxylic acids is 1. The SMILES string of the molecule is Cc1ccnc(N(CCCC(=O)O)C(C)C)c1C(N)=O. The number of primary amides is 1. The van der Waals surface area contributed by atoms with Crippen LogP contribution in [0.4, 0.5) is 5.82 Å². The summed E-state index contributed by atoms with van der Waals surface area (Å²) >= 11 is 0. The maximum Gasteiger partial charge on any atom is 0.303 e. The molecule has 0 aromatic carbocycles. The number of carboxylic acid groups (broad SMARTS) is 1. The Morgan fingerprint density at radius 3 is 2.60 bits per heavy atom. The Balaban J connectivity index is 3.06. The van der Waals surface area contributed by atoms with E-state index >= 15 is 0 Å². The van der Waals surface area contributed by atoms with Crippen molar-refractivity contribution in [1.82, 2.24) is 4.98 Å². The zero-order chi connectivity index (χ0) is 15.3. The van der Waals surface area contributed by atoms with Crippen LogP contribution in [0, 0.1) is 6.92 Å². The molecule has 6 nitrogen and oxygen atoms in total. The number of nitrogens with zero attached hydrogens (tertiary/aromatic N) is 2. The van der Waals surface area contributed by atoms with E-state index in [0.717, 1.165) is 5.56 Å². The van der Waals surface area contributed by atoms with Gasteiger partial charge in [-0.3, -0.25) is 9.59 Å². The van der Waals surface area contributed by atoms with Crippen LogP contribution in [0.15, 0.2) is 12.3 Å². The van der Waals surface area contributed by atoms with Gasteiger partial charge in [0.2, 0.25) is 0 Å². The summed E-state index contributed by atoms with van der Waals surface area (Å²) in [5.74, 6) is -0.826. The third-order valence-electron chi connectivity index (χ3n) is 3.07. The van der Waals surface area contributed by atoms with Gasteiger partial charge < -0.3 is 15.7 Å². The minimum atomic E-state index is -0.832. The van der Waals surface area contributed by atoms with Crippen LogP contribution in [0.5, 0.6) is 0 Å². The Hall–Kier alpha value is -2.11. The van der Waals surface area contributed by atoms with Crippen LogP contribution in [0.1, 0.15) is 42.6 Å². The first-order valence-electron chi connectivity index (χ1n) is 6.58. The Labute approximate surface area is 118 Å². The predicted molar refractivity (Wildman–Crippen MR) is 76.8 cm³/mol. The fourth-order valence-electron chi connectivity index (χ4n) is 2.08. The van der Waals surface area contributed by atoms with E-state index in [1.807, 2.05) is 18.7 Å². The van der Waals surface area contributed by atoms with Crippen LogP contribution in [-0.4, -0.2) is 34.6 Å². The molecule has 0 aliphatic heterocycles. The maximum absolute atomic E-state index is 11.6. The highest BCUT2D eigenvalue weighted by Gasteiger charge is 2.20. The predicted octanol–water partition coefficient (Wildman–Crippen LogP) is 1.57. The van der Waals surface area contributed by atoms with Gasteiger partial charge in [-0.1, -0.05) is 0 Å². The second-order valence-corrected chi connectivity index (χ2v) is 4.98. The van der Waals surface area contributed by atoms with Crippen LogP contribution in [-0.2, 0) is 4.79 Å². The van der Waals surface area contributed by atoms with Crippen LogP contribution in [0.25, 0.3) is 0 Å². The molecular weight excluding hydrogens is 258 g/mol. The molecule has 20 heavy (non-hydrogen) atoms. The van der Waals surface area contributed by atoms with Crippen molar-refractivity contribution >= 4 is 17.7 Å². The number of hydrogen-bond donors (Lipinski definition) is 2. The van der Waals surface area contributed by atoms with Crippen molar-refractivity contribution in [3.8, 4) is 0 Å². The van der Waals surface area contributed by atoms with Gasteiger partial charge >= 0.3 is 5.97 Å². The van der Waals surface area contributed by atoms with E-state index < -0.39 is 11.9 Å². The van der Waals surface area contributed by atoms with Gasteiger partial charge in [-0.15, -0.1) is 0 Å². The first kappa shape index (κ1) is 15.9. The fraction of sp³-hybridized carbons (Fsp3) is 0.500. The Morgan fingerprint density at radius 2 is 2.10 bits per heavy atom. The maximum atomic E-state index is 11.6. The average molecular weight is 279 g/mol. The number of rotatable bonds is 7. The smallest absolute Gasteiger partial charge is 0.303 e. The highest BCUT2D eigenvalue weighted by molar-refractivity contribution is 5.99. The molecule has 110 valence electrons. The van der Waals surface area contributed by atoms with Gasteiger partial charge in [0.05, 0.1) is 5.56 Å². The second kappa shape index (κ2) is 6.88. The van der Waals surface area contributed by atoms with Crippen molar-refractivity contribution < 1.29 is 14.7 Å². The molecule has 0 aliphatic carbocycles. The molecular formula is C14H21N3O3. The summed E-state index contributed by atoms with van der Waals surface area (Å²) in [7, 11) is 0. The molecule has 0 atom stereocenters. The number of carbonyl (C=O) groups is 2. The first-order valence-corrected chi connectivity index (χ1v) is 6.58. The number of carboxylic acids is 1. The number of nitrogens with two attached hydrogens (primary N) is 1. The Kier molecular flexibility index (Phi) is 5.49. The van der Waals surface area contributed by atoms with Crippen molar-refractivity contribution in [1.29, 1.82) is 0 Å². The lowest BCUT2D eigenvalue weighted by atomic mass is 10.1. The summed E-state index contributed by atoms with van der Waals surface area (Å²) in [6.45, 7) is 6.26. The van der Waals surface area contributed by atoms with E-state index in [2.05, 4.69) is 4.98 Å². The van der Waals surface area contributed by atoms with Crippen LogP contribution in [0.3, 0.4) is 0 Å². The van der Waals surface area contributed by atoms with E-state index in [0.29, 0.717) is 24.3 Å². The van der Waals surface area contributed by atoms with Crippen molar-refractivity contribution in [2.45, 2.75) is 39.7 Å². The van der Waals surface area contributed by atoms with E-state index in [1.165, 1.54) is 0 Å². The lowest BCUT2D eigenvalue weighted by Crippen LogP contribution is -2.35. The van der Waals surface area contributed by atoms with Crippen LogP contribution in [0.2, 0.25) is 0 Å². The number of aryl methyl sites for hydroxylation is 1. The molecule has 0 radical (unpaired) electrons. The van der Waals surface area contributed by atoms with E-state index in [1.54, 1.807) is 19.2 Å². The standard InChI is InChI=1S/C14H21N3O3/c1-9(2)17(8-4-5-11(18)19)14-12(13(15)20)10(3)6-7-16-14/h6-7,9H,4-5,8H2,1-3H3,(H2,15,20)(H,18,19). The van der Waals surface area contributed by atoms with Gasteiger partial charge in [0, 0.05) is 25.2 Å². The van der Waals surface area contributed by atoms with E-state index in [9.17, 15) is 9.59 Å². The molecule has 3 N–H and O–H groups in total. The first-order chi connectivity index (χ1) is 9.34. The summed E-state index contributed by atoms with van der Waals surface area (Å²) in [5.41, 5.74) is 6.60. The molecule has 1 amide bonds. The van der Waals surface area contributed by atoms with Crippen LogP contribution >= 0.6 is 0 Å². The largest absolute Gasteiger partial charge is 0.481 e. The molecule has 0 saturated heterocycles. The molecule has 0 bridgehead atoms. The molecule has 1 rings (SSSR count). The summed E-state index contributed by atoms with van der Waals surface area (Å²) in [4.78, 5) is 28.4. The molecule has 0 fully saturated rings. The third-order valence-corrected chi connectivity index (χ3v) is 3.07. The van der Waals surface area contributed by atoms with Gasteiger partial charge in [-0.05, 0) is 38.8 Å². The summed E-state index contributed by atoms with van der Waals surface area (Å²) in [6.07, 6.45) is 2.20. The van der Waals surface area contributed by atoms with E-state index in [4.69, 9.17) is 10.8 Å². The van der Waals surface area contributed by atoms with Gasteiger partial charge in [0.15, 0.2) is 0 Å². The van der Waals surface area contributed by atoms with Crippen molar-refractivity contribution in [3.05, 3.63) is 23.4 Å². The molecule has 1 aromatic heterocycles. The molecule has 0 spiro atoms. The zero-order valence-corrected chi connectivity index (χ0v) is 12.1. The molecule has 0 saturated carbocycles.